The fourth-order valence-electron chi connectivity index (χ4n) is 4.77. The Labute approximate surface area is 224 Å². The van der Waals surface area contributed by atoms with E-state index in [1.54, 1.807) is 33.5 Å². The van der Waals surface area contributed by atoms with Gasteiger partial charge in [0.1, 0.15) is 0 Å². The van der Waals surface area contributed by atoms with Crippen LogP contribution < -0.4 is 35.6 Å². The second-order valence-electron chi connectivity index (χ2n) is 9.50. The fraction of sp³-hybridized carbons (Fsp3) is 0.483. The molecule has 0 spiro atoms. The topological polar surface area (TPSA) is 115 Å². The lowest BCUT2D eigenvalue weighted by Crippen LogP contribution is -2.32. The van der Waals surface area contributed by atoms with Gasteiger partial charge in [-0.25, -0.2) is 0 Å². The molecule has 0 radical (unpaired) electrons. The van der Waals surface area contributed by atoms with Crippen LogP contribution in [0.3, 0.4) is 0 Å². The fourth-order valence-corrected chi connectivity index (χ4v) is 4.77. The van der Waals surface area contributed by atoms with Gasteiger partial charge < -0.3 is 30.2 Å². The summed E-state index contributed by atoms with van der Waals surface area (Å²) in [5.74, 6) is 1.34. The molecule has 38 heavy (non-hydrogen) atoms. The van der Waals surface area contributed by atoms with Crippen molar-refractivity contribution in [2.24, 2.45) is 0 Å². The first-order chi connectivity index (χ1) is 18.2. The van der Waals surface area contributed by atoms with E-state index in [-0.39, 0.29) is 29.3 Å². The molecule has 0 saturated carbocycles. The molecule has 1 aliphatic rings. The molecular weight excluding hydrogens is 486 g/mol. The summed E-state index contributed by atoms with van der Waals surface area (Å²) in [7, 11) is 4.69. The number of amides is 2. The maximum Gasteiger partial charge on any atom is 0.220 e. The lowest BCUT2D eigenvalue weighted by Gasteiger charge is -2.19. The summed E-state index contributed by atoms with van der Waals surface area (Å²) in [5, 5.41) is 9.15. The van der Waals surface area contributed by atoms with Crippen LogP contribution in [0, 0.1) is 0 Å². The SMILES string of the molecule is CC[C@H](C)NC(=O)CCCNc1ccc2c(cc1=O)[C@@H](NC(C)=O)CCc1cc(OC)c(OC)c(OC)c1-2. The van der Waals surface area contributed by atoms with E-state index in [9.17, 15) is 14.4 Å². The first-order valence-electron chi connectivity index (χ1n) is 13.0. The van der Waals surface area contributed by atoms with Gasteiger partial charge in [-0.1, -0.05) is 13.0 Å². The highest BCUT2D eigenvalue weighted by atomic mass is 16.5. The van der Waals surface area contributed by atoms with E-state index in [1.165, 1.54) is 6.92 Å². The maximum atomic E-state index is 13.3. The molecular formula is C29H39N3O6. The van der Waals surface area contributed by atoms with Crippen LogP contribution in [-0.4, -0.2) is 45.7 Å². The molecule has 3 N–H and O–H groups in total. The van der Waals surface area contributed by atoms with Crippen LogP contribution in [-0.2, 0) is 16.0 Å². The van der Waals surface area contributed by atoms with Crippen LogP contribution in [0.2, 0.25) is 0 Å². The molecule has 0 aliphatic heterocycles. The van der Waals surface area contributed by atoms with Gasteiger partial charge in [-0.15, -0.1) is 0 Å². The third-order valence-electron chi connectivity index (χ3n) is 6.83. The monoisotopic (exact) mass is 525 g/mol. The lowest BCUT2D eigenvalue weighted by molar-refractivity contribution is -0.122. The summed E-state index contributed by atoms with van der Waals surface area (Å²) in [4.78, 5) is 37.5. The Morgan fingerprint density at radius 1 is 1.08 bits per heavy atom. The summed E-state index contributed by atoms with van der Waals surface area (Å²) in [6, 6.07) is 6.90. The molecule has 3 rings (SSSR count). The standard InChI is InChI=1S/C29H39N3O6/c1-7-17(2)31-26(35)9-8-14-30-23-13-11-20-21(16-24(23)34)22(32-18(3)33)12-10-19-15-25(36-4)28(37-5)29(38-6)27(19)20/h11,13,15-17,22H,7-10,12,14H2,1-6H3,(H,30,34)(H,31,35)(H,32,33)/t17-,22-/m0/s1. The van der Waals surface area contributed by atoms with Crippen molar-refractivity contribution in [3.05, 3.63) is 45.6 Å². The van der Waals surface area contributed by atoms with Gasteiger partial charge in [0.2, 0.25) is 23.0 Å². The first kappa shape index (κ1) is 28.8. The van der Waals surface area contributed by atoms with E-state index in [1.807, 2.05) is 26.0 Å². The molecule has 1 aliphatic carbocycles. The van der Waals surface area contributed by atoms with Gasteiger partial charge in [-0.05, 0) is 67.5 Å². The minimum absolute atomic E-state index is 0.0000506. The third kappa shape index (κ3) is 6.57. The Kier molecular flexibility index (Phi) is 9.98. The van der Waals surface area contributed by atoms with Crippen molar-refractivity contribution in [3.63, 3.8) is 0 Å². The van der Waals surface area contributed by atoms with E-state index < -0.39 is 0 Å². The number of ether oxygens (including phenoxy) is 3. The number of anilines is 1. The zero-order valence-electron chi connectivity index (χ0n) is 23.2. The highest BCUT2D eigenvalue weighted by Crippen LogP contribution is 2.50. The molecule has 2 aromatic carbocycles. The number of aryl methyl sites for hydroxylation is 1. The highest BCUT2D eigenvalue weighted by Gasteiger charge is 2.29. The van der Waals surface area contributed by atoms with Gasteiger partial charge in [-0.3, -0.25) is 14.4 Å². The van der Waals surface area contributed by atoms with Gasteiger partial charge in [-0.2, -0.15) is 0 Å². The molecule has 2 amide bonds. The Bertz CT molecular complexity index is 1230. The number of carbonyl (C=O) groups excluding carboxylic acids is 2. The number of hydrogen-bond acceptors (Lipinski definition) is 7. The van der Waals surface area contributed by atoms with E-state index in [4.69, 9.17) is 14.2 Å². The van der Waals surface area contributed by atoms with Gasteiger partial charge >= 0.3 is 0 Å². The molecule has 0 fully saturated rings. The molecule has 0 saturated heterocycles. The third-order valence-corrected chi connectivity index (χ3v) is 6.83. The summed E-state index contributed by atoms with van der Waals surface area (Å²) < 4.78 is 17.0. The van der Waals surface area contributed by atoms with E-state index >= 15 is 0 Å². The van der Waals surface area contributed by atoms with Crippen molar-refractivity contribution in [1.29, 1.82) is 0 Å². The minimum atomic E-state index is -0.367. The predicted molar refractivity (Wildman–Crippen MR) is 148 cm³/mol. The second kappa shape index (κ2) is 13.2. The van der Waals surface area contributed by atoms with Crippen molar-refractivity contribution in [3.8, 4) is 28.4 Å². The van der Waals surface area contributed by atoms with Gasteiger partial charge in [0.25, 0.3) is 0 Å². The Morgan fingerprint density at radius 2 is 1.82 bits per heavy atom. The van der Waals surface area contributed by atoms with Crippen LogP contribution >= 0.6 is 0 Å². The van der Waals surface area contributed by atoms with Crippen molar-refractivity contribution >= 4 is 17.5 Å². The molecule has 2 aromatic rings. The number of nitrogens with one attached hydrogen (secondary N) is 3. The average Bonchev–Trinajstić information content (AvgIpc) is 3.13. The van der Waals surface area contributed by atoms with Crippen molar-refractivity contribution in [2.45, 2.75) is 65.0 Å². The molecule has 0 heterocycles. The Balaban J connectivity index is 2.03. The molecule has 9 nitrogen and oxygen atoms in total. The van der Waals surface area contributed by atoms with Crippen molar-refractivity contribution in [2.75, 3.05) is 33.2 Å². The van der Waals surface area contributed by atoms with Gasteiger partial charge in [0.15, 0.2) is 11.5 Å². The van der Waals surface area contributed by atoms with E-state index in [0.717, 1.165) is 23.1 Å². The van der Waals surface area contributed by atoms with Gasteiger partial charge in [0.05, 0.1) is 33.1 Å². The highest BCUT2D eigenvalue weighted by molar-refractivity contribution is 5.83. The molecule has 206 valence electrons. The van der Waals surface area contributed by atoms with Crippen LogP contribution in [0.5, 0.6) is 17.2 Å². The average molecular weight is 526 g/mol. The minimum Gasteiger partial charge on any atom is -0.493 e. The number of benzene rings is 1. The van der Waals surface area contributed by atoms with E-state index in [0.29, 0.717) is 60.7 Å². The Hall–Kier alpha value is -3.75. The van der Waals surface area contributed by atoms with Crippen molar-refractivity contribution in [1.82, 2.24) is 10.6 Å². The van der Waals surface area contributed by atoms with Crippen molar-refractivity contribution < 1.29 is 23.8 Å². The number of rotatable bonds is 11. The van der Waals surface area contributed by atoms with Crippen LogP contribution in [0.1, 0.15) is 63.6 Å². The normalized spacial score (nSPS) is 14.7. The summed E-state index contributed by atoms with van der Waals surface area (Å²) in [5.41, 5.74) is 3.46. The lowest BCUT2D eigenvalue weighted by atomic mass is 9.95. The molecule has 9 heteroatoms. The zero-order valence-corrected chi connectivity index (χ0v) is 23.2. The first-order valence-corrected chi connectivity index (χ1v) is 13.0. The smallest absolute Gasteiger partial charge is 0.220 e. The molecule has 0 unspecified atom stereocenters. The number of fused-ring (bicyclic) bond motifs is 3. The summed E-state index contributed by atoms with van der Waals surface area (Å²) in [6.45, 7) is 5.94. The number of carbonyl (C=O) groups is 2. The van der Waals surface area contributed by atoms with E-state index in [2.05, 4.69) is 16.0 Å². The van der Waals surface area contributed by atoms with Crippen LogP contribution in [0.4, 0.5) is 5.69 Å². The summed E-state index contributed by atoms with van der Waals surface area (Å²) in [6.07, 6.45) is 3.06. The summed E-state index contributed by atoms with van der Waals surface area (Å²) >= 11 is 0. The second-order valence-corrected chi connectivity index (χ2v) is 9.50. The van der Waals surface area contributed by atoms with Crippen LogP contribution in [0.25, 0.3) is 11.1 Å². The van der Waals surface area contributed by atoms with Crippen LogP contribution in [0.15, 0.2) is 29.1 Å². The largest absolute Gasteiger partial charge is 0.493 e. The predicted octanol–water partition coefficient (Wildman–Crippen LogP) is 3.97. The molecule has 2 atom stereocenters. The quantitative estimate of drug-likeness (QED) is 0.380. The Morgan fingerprint density at radius 3 is 2.45 bits per heavy atom. The molecule has 0 aromatic heterocycles. The zero-order chi connectivity index (χ0) is 27.8. The van der Waals surface area contributed by atoms with Gasteiger partial charge in [0, 0.05) is 31.5 Å². The maximum absolute atomic E-state index is 13.3. The number of methoxy groups -OCH3 is 3. The molecule has 0 bridgehead atoms. The number of hydrogen-bond donors (Lipinski definition) is 3.